The molecule has 4 N–H and O–H groups in total. The van der Waals surface area contributed by atoms with Crippen molar-refractivity contribution in [2.75, 3.05) is 7.11 Å². The summed E-state index contributed by atoms with van der Waals surface area (Å²) in [6.07, 6.45) is 1.59. The van der Waals surface area contributed by atoms with Crippen molar-refractivity contribution in [1.82, 2.24) is 0 Å². The third-order valence-corrected chi connectivity index (χ3v) is 3.21. The molecule has 0 amide bonds. The Balaban J connectivity index is 3.00. The molecule has 0 aliphatic heterocycles. The minimum absolute atomic E-state index is 0.0610. The summed E-state index contributed by atoms with van der Waals surface area (Å²) >= 11 is 4.40. The van der Waals surface area contributed by atoms with Crippen molar-refractivity contribution >= 4 is 57.4 Å². The molecule has 7 heteroatoms. The number of hydrogen-bond acceptors (Lipinski definition) is 3. The van der Waals surface area contributed by atoms with Crippen LogP contribution in [0.15, 0.2) is 22.3 Å². The fraction of sp³-hybridized carbons (Fsp3) is 0.111. The van der Waals surface area contributed by atoms with Gasteiger partial charge in [-0.2, -0.15) is 5.10 Å². The van der Waals surface area contributed by atoms with Crippen LogP contribution in [-0.4, -0.2) is 19.3 Å². The average Bonchev–Trinajstić information content (AvgIpc) is 2.16. The Labute approximate surface area is 121 Å². The molecule has 1 rings (SSSR count). The Morgan fingerprint density at radius 3 is 2.31 bits per heavy atom. The molecule has 1 aromatic carbocycles. The van der Waals surface area contributed by atoms with Crippen LogP contribution in [0.3, 0.4) is 0 Å². The molecular formula is C9H10I2N4O. The van der Waals surface area contributed by atoms with Gasteiger partial charge in [0.1, 0.15) is 5.75 Å². The van der Waals surface area contributed by atoms with Crippen molar-refractivity contribution in [3.05, 3.63) is 24.8 Å². The molecule has 0 fully saturated rings. The van der Waals surface area contributed by atoms with Crippen LogP contribution in [0.25, 0.3) is 0 Å². The highest BCUT2D eigenvalue weighted by atomic mass is 127. The number of hydrogen-bond donors (Lipinski definition) is 2. The van der Waals surface area contributed by atoms with E-state index in [-0.39, 0.29) is 5.96 Å². The standard InChI is InChI=1S/C9H10I2N4O/c1-16-8-6(10)2-5(3-7(8)11)4-14-15-9(12)13/h2-4H,1H3,(H4,12,13,15)/b14-4+. The topological polar surface area (TPSA) is 86.0 Å². The van der Waals surface area contributed by atoms with Crippen LogP contribution >= 0.6 is 45.2 Å². The zero-order chi connectivity index (χ0) is 12.1. The Morgan fingerprint density at radius 1 is 1.31 bits per heavy atom. The fourth-order valence-electron chi connectivity index (χ4n) is 1.01. The van der Waals surface area contributed by atoms with Gasteiger partial charge in [0, 0.05) is 0 Å². The molecule has 5 nitrogen and oxygen atoms in total. The van der Waals surface area contributed by atoms with Crippen molar-refractivity contribution < 1.29 is 4.74 Å². The lowest BCUT2D eigenvalue weighted by atomic mass is 10.2. The quantitative estimate of drug-likeness (QED) is 0.321. The third-order valence-electron chi connectivity index (χ3n) is 1.60. The first-order valence-corrected chi connectivity index (χ1v) is 6.35. The van der Waals surface area contributed by atoms with Crippen molar-refractivity contribution in [3.63, 3.8) is 0 Å². The molecule has 0 heterocycles. The Kier molecular flexibility index (Phi) is 5.25. The van der Waals surface area contributed by atoms with Gasteiger partial charge in [-0.15, -0.1) is 5.10 Å². The molecule has 0 aliphatic rings. The largest absolute Gasteiger partial charge is 0.495 e. The minimum atomic E-state index is -0.0610. The highest BCUT2D eigenvalue weighted by Gasteiger charge is 2.06. The van der Waals surface area contributed by atoms with Gasteiger partial charge >= 0.3 is 0 Å². The molecular weight excluding hydrogens is 434 g/mol. The maximum absolute atomic E-state index is 5.25. The number of benzene rings is 1. The first-order valence-electron chi connectivity index (χ1n) is 4.19. The van der Waals surface area contributed by atoms with Gasteiger partial charge in [0.25, 0.3) is 0 Å². The summed E-state index contributed by atoms with van der Waals surface area (Å²) in [4.78, 5) is 0. The molecule has 0 spiro atoms. The second kappa shape index (κ2) is 6.23. The second-order valence-electron chi connectivity index (χ2n) is 2.79. The second-order valence-corrected chi connectivity index (χ2v) is 5.11. The van der Waals surface area contributed by atoms with Gasteiger partial charge in [0.15, 0.2) is 0 Å². The van der Waals surface area contributed by atoms with E-state index in [0.29, 0.717) is 0 Å². The molecule has 0 aromatic heterocycles. The summed E-state index contributed by atoms with van der Waals surface area (Å²) in [6.45, 7) is 0. The SMILES string of the molecule is COc1c(I)cc(/C=N/N=C(N)N)cc1I. The van der Waals surface area contributed by atoms with Gasteiger partial charge in [-0.25, -0.2) is 0 Å². The number of rotatable bonds is 3. The average molecular weight is 444 g/mol. The van der Waals surface area contributed by atoms with Crippen LogP contribution in [0, 0.1) is 7.14 Å². The van der Waals surface area contributed by atoms with Gasteiger partial charge in [0.05, 0.1) is 20.5 Å². The summed E-state index contributed by atoms with van der Waals surface area (Å²) < 4.78 is 7.27. The van der Waals surface area contributed by atoms with Crippen molar-refractivity contribution in [2.45, 2.75) is 0 Å². The molecule has 86 valence electrons. The molecule has 1 aromatic rings. The predicted octanol–water partition coefficient (Wildman–Crippen LogP) is 1.51. The monoisotopic (exact) mass is 444 g/mol. The van der Waals surface area contributed by atoms with Gasteiger partial charge in [-0.1, -0.05) is 0 Å². The van der Waals surface area contributed by atoms with Crippen molar-refractivity contribution in [2.24, 2.45) is 21.7 Å². The Bertz CT molecular complexity index is 418. The van der Waals surface area contributed by atoms with Crippen LogP contribution in [0.4, 0.5) is 0 Å². The van der Waals surface area contributed by atoms with Gasteiger partial charge in [0.2, 0.25) is 5.96 Å². The lowest BCUT2D eigenvalue weighted by molar-refractivity contribution is 0.409. The van der Waals surface area contributed by atoms with Crippen LogP contribution in [0.5, 0.6) is 5.75 Å². The van der Waals surface area contributed by atoms with Gasteiger partial charge in [-0.05, 0) is 62.9 Å². The number of guanidine groups is 1. The van der Waals surface area contributed by atoms with Crippen LogP contribution in [0.1, 0.15) is 5.56 Å². The minimum Gasteiger partial charge on any atom is -0.495 e. The Morgan fingerprint density at radius 2 is 1.88 bits per heavy atom. The maximum Gasteiger partial charge on any atom is 0.211 e. The summed E-state index contributed by atoms with van der Waals surface area (Å²) in [5.74, 6) is 0.800. The first-order chi connectivity index (χ1) is 7.54. The van der Waals surface area contributed by atoms with Gasteiger partial charge in [-0.3, -0.25) is 0 Å². The van der Waals surface area contributed by atoms with E-state index in [2.05, 4.69) is 55.4 Å². The number of ether oxygens (including phenoxy) is 1. The van der Waals surface area contributed by atoms with E-state index in [1.54, 1.807) is 13.3 Å². The number of nitrogens with zero attached hydrogens (tertiary/aromatic N) is 2. The number of nitrogens with two attached hydrogens (primary N) is 2. The van der Waals surface area contributed by atoms with E-state index < -0.39 is 0 Å². The van der Waals surface area contributed by atoms with E-state index in [4.69, 9.17) is 16.2 Å². The Hall–Kier alpha value is -0.580. The normalized spacial score (nSPS) is 10.4. The molecule has 0 radical (unpaired) electrons. The highest BCUT2D eigenvalue weighted by molar-refractivity contribution is 14.1. The molecule has 0 saturated carbocycles. The van der Waals surface area contributed by atoms with E-state index in [9.17, 15) is 0 Å². The van der Waals surface area contributed by atoms with Crippen molar-refractivity contribution in [3.8, 4) is 5.75 Å². The molecule has 0 bridgehead atoms. The van der Waals surface area contributed by atoms with Gasteiger partial charge < -0.3 is 16.2 Å². The zero-order valence-electron chi connectivity index (χ0n) is 8.45. The number of halogens is 2. The third kappa shape index (κ3) is 3.77. The maximum atomic E-state index is 5.25. The van der Waals surface area contributed by atoms with Crippen LogP contribution in [0.2, 0.25) is 0 Å². The molecule has 0 aliphatic carbocycles. The molecule has 16 heavy (non-hydrogen) atoms. The smallest absolute Gasteiger partial charge is 0.211 e. The highest BCUT2D eigenvalue weighted by Crippen LogP contribution is 2.27. The molecule has 0 saturated heterocycles. The van der Waals surface area contributed by atoms with E-state index >= 15 is 0 Å². The summed E-state index contributed by atoms with van der Waals surface area (Å²) in [5.41, 5.74) is 11.2. The summed E-state index contributed by atoms with van der Waals surface area (Å²) in [5, 5.41) is 7.27. The van der Waals surface area contributed by atoms with E-state index in [1.807, 2.05) is 12.1 Å². The van der Waals surface area contributed by atoms with E-state index in [1.165, 1.54) is 0 Å². The molecule has 0 atom stereocenters. The fourth-order valence-corrected chi connectivity index (χ4v) is 3.27. The van der Waals surface area contributed by atoms with Crippen molar-refractivity contribution in [1.29, 1.82) is 0 Å². The lowest BCUT2D eigenvalue weighted by Gasteiger charge is -2.06. The predicted molar refractivity (Wildman–Crippen MR) is 81.8 cm³/mol. The van der Waals surface area contributed by atoms with Crippen LogP contribution in [-0.2, 0) is 0 Å². The summed E-state index contributed by atoms with van der Waals surface area (Å²) in [7, 11) is 1.65. The summed E-state index contributed by atoms with van der Waals surface area (Å²) in [6, 6.07) is 3.88. The number of methoxy groups -OCH3 is 1. The molecule has 0 unspecified atom stereocenters. The first kappa shape index (κ1) is 13.5. The van der Waals surface area contributed by atoms with Crippen LogP contribution < -0.4 is 16.2 Å². The zero-order valence-corrected chi connectivity index (χ0v) is 12.8. The van der Waals surface area contributed by atoms with E-state index in [0.717, 1.165) is 18.5 Å². The lowest BCUT2D eigenvalue weighted by Crippen LogP contribution is -2.21.